The van der Waals surface area contributed by atoms with Crippen LogP contribution in [-0.2, 0) is 5.41 Å². The maximum absolute atomic E-state index is 6.53. The molecular weight excluding hydrogens is 739 g/mol. The van der Waals surface area contributed by atoms with Gasteiger partial charge in [-0.05, 0) is 115 Å². The van der Waals surface area contributed by atoms with E-state index in [2.05, 4.69) is 229 Å². The van der Waals surface area contributed by atoms with Crippen molar-refractivity contribution in [1.29, 1.82) is 0 Å². The molecule has 2 nitrogen and oxygen atoms in total. The molecule has 1 aromatic heterocycles. The van der Waals surface area contributed by atoms with Crippen LogP contribution in [0.25, 0.3) is 66.1 Å². The Kier molecular flexibility index (Phi) is 8.11. The Morgan fingerprint density at radius 2 is 0.869 bits per heavy atom. The van der Waals surface area contributed by atoms with Crippen LogP contribution in [0.5, 0.6) is 0 Å². The van der Waals surface area contributed by atoms with E-state index in [0.29, 0.717) is 0 Å². The summed E-state index contributed by atoms with van der Waals surface area (Å²) in [5, 5.41) is 4.72. The summed E-state index contributed by atoms with van der Waals surface area (Å²) in [5.74, 6) is 0. The maximum Gasteiger partial charge on any atom is 0.137 e. The average Bonchev–Trinajstić information content (AvgIpc) is 3.85. The molecule has 61 heavy (non-hydrogen) atoms. The van der Waals surface area contributed by atoms with Crippen LogP contribution < -0.4 is 4.90 Å². The van der Waals surface area contributed by atoms with E-state index in [9.17, 15) is 0 Å². The number of para-hydroxylation sites is 1. The molecule has 1 aliphatic carbocycles. The van der Waals surface area contributed by atoms with E-state index < -0.39 is 5.41 Å². The van der Waals surface area contributed by atoms with Crippen molar-refractivity contribution in [2.75, 3.05) is 4.90 Å². The van der Waals surface area contributed by atoms with E-state index >= 15 is 0 Å². The second kappa shape index (κ2) is 14.1. The van der Waals surface area contributed by atoms with E-state index in [-0.39, 0.29) is 0 Å². The fraction of sp³-hybridized carbons (Fsp3) is 0.0169. The van der Waals surface area contributed by atoms with E-state index in [0.717, 1.165) is 50.1 Å². The Hall–Kier alpha value is -7.94. The molecule has 0 saturated heterocycles. The zero-order valence-corrected chi connectivity index (χ0v) is 33.4. The third kappa shape index (κ3) is 5.57. The minimum absolute atomic E-state index is 0.525. The number of furan rings is 1. The zero-order valence-electron chi connectivity index (χ0n) is 33.4. The maximum atomic E-state index is 6.53. The molecule has 1 heterocycles. The molecule has 0 unspecified atom stereocenters. The molecule has 0 amide bonds. The van der Waals surface area contributed by atoms with Gasteiger partial charge in [-0.15, -0.1) is 0 Å². The van der Waals surface area contributed by atoms with Gasteiger partial charge in [0.05, 0.1) is 5.41 Å². The summed E-state index contributed by atoms with van der Waals surface area (Å²) >= 11 is 0. The molecule has 0 bridgehead atoms. The Bertz CT molecular complexity index is 3390. The van der Waals surface area contributed by atoms with Crippen LogP contribution in [0, 0.1) is 0 Å². The van der Waals surface area contributed by atoms with Crippen molar-refractivity contribution in [3.8, 4) is 33.4 Å². The second-order valence-electron chi connectivity index (χ2n) is 16.0. The average molecular weight is 778 g/mol. The van der Waals surface area contributed by atoms with Crippen molar-refractivity contribution in [1.82, 2.24) is 0 Å². The first-order valence-electron chi connectivity index (χ1n) is 21.0. The first-order chi connectivity index (χ1) is 30.2. The molecule has 0 saturated carbocycles. The summed E-state index contributed by atoms with van der Waals surface area (Å²) in [6.07, 6.45) is 0. The minimum Gasteiger partial charge on any atom is -0.456 e. The highest BCUT2D eigenvalue weighted by molar-refractivity contribution is 6.06. The molecular formula is C59H39NO. The van der Waals surface area contributed by atoms with Gasteiger partial charge in [-0.2, -0.15) is 0 Å². The fourth-order valence-corrected chi connectivity index (χ4v) is 10.0. The standard InChI is InChI=1S/C59H39NO/c1-3-21-44(22-4-1)59(45-23-5-2-6-24-45)55-30-11-9-27-51(55)52-34-32-47(38-56(52)59)60(48-33-35-54-53-28-10-12-31-57(53)61-58(54)39-48)46-25-14-19-42(37-46)41-18-13-20-43(36-41)50-29-15-17-40-16-7-8-26-49(40)50/h1-39H. The highest BCUT2D eigenvalue weighted by Gasteiger charge is 2.46. The summed E-state index contributed by atoms with van der Waals surface area (Å²) in [5.41, 5.74) is 16.7. The predicted molar refractivity (Wildman–Crippen MR) is 254 cm³/mol. The molecule has 0 radical (unpaired) electrons. The third-order valence-corrected chi connectivity index (χ3v) is 12.7. The highest BCUT2D eigenvalue weighted by Crippen LogP contribution is 2.57. The Morgan fingerprint density at radius 3 is 1.70 bits per heavy atom. The largest absolute Gasteiger partial charge is 0.456 e. The molecule has 0 aliphatic heterocycles. The Labute approximate surface area is 355 Å². The van der Waals surface area contributed by atoms with E-state index in [1.54, 1.807) is 0 Å². The van der Waals surface area contributed by atoms with Gasteiger partial charge in [0, 0.05) is 33.9 Å². The van der Waals surface area contributed by atoms with Crippen molar-refractivity contribution < 1.29 is 4.42 Å². The summed E-state index contributed by atoms with van der Waals surface area (Å²) in [4.78, 5) is 2.40. The van der Waals surface area contributed by atoms with Crippen LogP contribution in [0.3, 0.4) is 0 Å². The normalized spacial score (nSPS) is 12.7. The topological polar surface area (TPSA) is 16.4 Å². The van der Waals surface area contributed by atoms with Crippen molar-refractivity contribution >= 4 is 49.8 Å². The van der Waals surface area contributed by atoms with Crippen molar-refractivity contribution in [3.05, 3.63) is 259 Å². The number of anilines is 3. The summed E-state index contributed by atoms with van der Waals surface area (Å²) < 4.78 is 6.53. The lowest BCUT2D eigenvalue weighted by Crippen LogP contribution is -2.28. The summed E-state index contributed by atoms with van der Waals surface area (Å²) in [7, 11) is 0. The first-order valence-corrected chi connectivity index (χ1v) is 21.0. The molecule has 0 fully saturated rings. The van der Waals surface area contributed by atoms with Crippen LogP contribution in [0.2, 0.25) is 0 Å². The van der Waals surface area contributed by atoms with Crippen LogP contribution in [0.15, 0.2) is 241 Å². The summed E-state index contributed by atoms with van der Waals surface area (Å²) in [6, 6.07) is 86.1. The second-order valence-corrected chi connectivity index (χ2v) is 16.0. The molecule has 10 aromatic carbocycles. The fourth-order valence-electron chi connectivity index (χ4n) is 10.0. The Morgan fingerprint density at radius 1 is 0.311 bits per heavy atom. The van der Waals surface area contributed by atoms with Crippen LogP contribution in [-0.4, -0.2) is 0 Å². The number of hydrogen-bond acceptors (Lipinski definition) is 2. The van der Waals surface area contributed by atoms with E-state index in [1.807, 2.05) is 12.1 Å². The molecule has 11 aromatic rings. The number of fused-ring (bicyclic) bond motifs is 7. The van der Waals surface area contributed by atoms with Crippen LogP contribution in [0.4, 0.5) is 17.1 Å². The van der Waals surface area contributed by atoms with E-state index in [4.69, 9.17) is 4.42 Å². The lowest BCUT2D eigenvalue weighted by atomic mass is 9.67. The first kappa shape index (κ1) is 35.0. The SMILES string of the molecule is c1ccc(C2(c3ccccc3)c3ccccc3-c3ccc(N(c4cccc(-c5cccc(-c6cccc7ccccc67)c5)c4)c4ccc5c(c4)oc4ccccc45)cc32)cc1. The molecule has 1 aliphatic rings. The molecule has 12 rings (SSSR count). The lowest BCUT2D eigenvalue weighted by molar-refractivity contribution is 0.669. The number of nitrogens with zero attached hydrogens (tertiary/aromatic N) is 1. The minimum atomic E-state index is -0.525. The highest BCUT2D eigenvalue weighted by atomic mass is 16.3. The van der Waals surface area contributed by atoms with Gasteiger partial charge in [0.25, 0.3) is 0 Å². The lowest BCUT2D eigenvalue weighted by Gasteiger charge is -2.35. The number of rotatable bonds is 7. The van der Waals surface area contributed by atoms with Crippen LogP contribution in [0.1, 0.15) is 22.3 Å². The van der Waals surface area contributed by atoms with E-state index in [1.165, 1.54) is 55.3 Å². The van der Waals surface area contributed by atoms with Gasteiger partial charge in [-0.1, -0.05) is 182 Å². The number of benzene rings is 10. The molecule has 0 N–H and O–H groups in total. The van der Waals surface area contributed by atoms with Gasteiger partial charge in [0.1, 0.15) is 11.2 Å². The Balaban J connectivity index is 1.07. The molecule has 0 spiro atoms. The van der Waals surface area contributed by atoms with Crippen LogP contribution >= 0.6 is 0 Å². The molecule has 2 heteroatoms. The smallest absolute Gasteiger partial charge is 0.137 e. The van der Waals surface area contributed by atoms with Gasteiger partial charge in [0.15, 0.2) is 0 Å². The summed E-state index contributed by atoms with van der Waals surface area (Å²) in [6.45, 7) is 0. The van der Waals surface area contributed by atoms with Gasteiger partial charge in [-0.25, -0.2) is 0 Å². The third-order valence-electron chi connectivity index (χ3n) is 12.7. The number of hydrogen-bond donors (Lipinski definition) is 0. The molecule has 0 atom stereocenters. The van der Waals surface area contributed by atoms with Gasteiger partial charge < -0.3 is 9.32 Å². The van der Waals surface area contributed by atoms with Gasteiger partial charge in [-0.3, -0.25) is 0 Å². The van der Waals surface area contributed by atoms with Crippen molar-refractivity contribution in [2.45, 2.75) is 5.41 Å². The van der Waals surface area contributed by atoms with Gasteiger partial charge >= 0.3 is 0 Å². The van der Waals surface area contributed by atoms with Crippen molar-refractivity contribution in [2.24, 2.45) is 0 Å². The zero-order chi connectivity index (χ0) is 40.3. The quantitative estimate of drug-likeness (QED) is 0.160. The monoisotopic (exact) mass is 777 g/mol. The predicted octanol–water partition coefficient (Wildman–Crippen LogP) is 15.9. The van der Waals surface area contributed by atoms with Gasteiger partial charge in [0.2, 0.25) is 0 Å². The van der Waals surface area contributed by atoms with Crippen molar-refractivity contribution in [3.63, 3.8) is 0 Å². The molecule has 286 valence electrons.